The standard InChI is InChI=1S/C14H28N2O/c1-13(2)7-6-12(8-13)16-14(9-15,10-17-3)11-4-5-11/h11-12,16H,4-10,15H2,1-3H3. The van der Waals surface area contributed by atoms with Gasteiger partial charge in [-0.1, -0.05) is 13.8 Å². The largest absolute Gasteiger partial charge is 0.383 e. The molecule has 100 valence electrons. The van der Waals surface area contributed by atoms with Crippen LogP contribution in [0.1, 0.15) is 46.0 Å². The molecular weight excluding hydrogens is 212 g/mol. The Labute approximate surface area is 105 Å². The summed E-state index contributed by atoms with van der Waals surface area (Å²) >= 11 is 0. The van der Waals surface area contributed by atoms with Gasteiger partial charge in [0.25, 0.3) is 0 Å². The van der Waals surface area contributed by atoms with Crippen molar-refractivity contribution in [3.8, 4) is 0 Å². The average Bonchev–Trinajstić information content (AvgIpc) is 3.05. The van der Waals surface area contributed by atoms with Gasteiger partial charge in [-0.25, -0.2) is 0 Å². The molecule has 2 atom stereocenters. The van der Waals surface area contributed by atoms with Crippen LogP contribution in [-0.2, 0) is 4.74 Å². The van der Waals surface area contributed by atoms with E-state index in [2.05, 4.69) is 19.2 Å². The van der Waals surface area contributed by atoms with Crippen molar-refractivity contribution in [3.63, 3.8) is 0 Å². The minimum atomic E-state index is 0.0415. The van der Waals surface area contributed by atoms with Gasteiger partial charge in [0.1, 0.15) is 0 Å². The summed E-state index contributed by atoms with van der Waals surface area (Å²) < 4.78 is 5.42. The Morgan fingerprint density at radius 2 is 2.06 bits per heavy atom. The lowest BCUT2D eigenvalue weighted by Gasteiger charge is -2.36. The van der Waals surface area contributed by atoms with Crippen LogP contribution in [0, 0.1) is 11.3 Å². The molecule has 2 aliphatic carbocycles. The molecule has 3 nitrogen and oxygen atoms in total. The summed E-state index contributed by atoms with van der Waals surface area (Å²) in [4.78, 5) is 0. The number of methoxy groups -OCH3 is 1. The summed E-state index contributed by atoms with van der Waals surface area (Å²) in [6.45, 7) is 6.19. The first kappa shape index (κ1) is 13.3. The molecular formula is C14H28N2O. The third kappa shape index (κ3) is 3.01. The SMILES string of the molecule is COCC(CN)(NC1CCC(C)(C)C1)C1CC1. The van der Waals surface area contributed by atoms with E-state index in [9.17, 15) is 0 Å². The van der Waals surface area contributed by atoms with Crippen molar-refractivity contribution in [2.24, 2.45) is 17.1 Å². The molecule has 2 saturated carbocycles. The Morgan fingerprint density at radius 1 is 1.35 bits per heavy atom. The Kier molecular flexibility index (Phi) is 3.81. The van der Waals surface area contributed by atoms with Crippen LogP contribution in [0.4, 0.5) is 0 Å². The summed E-state index contributed by atoms with van der Waals surface area (Å²) in [6, 6.07) is 0.629. The fraction of sp³-hybridized carbons (Fsp3) is 1.00. The third-order valence-corrected chi connectivity index (χ3v) is 4.59. The fourth-order valence-electron chi connectivity index (χ4n) is 3.42. The van der Waals surface area contributed by atoms with Crippen LogP contribution in [0.2, 0.25) is 0 Å². The van der Waals surface area contributed by atoms with Crippen LogP contribution >= 0.6 is 0 Å². The van der Waals surface area contributed by atoms with E-state index in [0.29, 0.717) is 18.0 Å². The second-order valence-electron chi connectivity index (χ2n) is 6.82. The molecule has 17 heavy (non-hydrogen) atoms. The second-order valence-corrected chi connectivity index (χ2v) is 6.82. The first-order valence-corrected chi connectivity index (χ1v) is 6.98. The van der Waals surface area contributed by atoms with Gasteiger partial charge in [-0.15, -0.1) is 0 Å². The highest BCUT2D eigenvalue weighted by Gasteiger charge is 2.46. The quantitative estimate of drug-likeness (QED) is 0.745. The van der Waals surface area contributed by atoms with Crippen molar-refractivity contribution in [1.29, 1.82) is 0 Å². The molecule has 2 fully saturated rings. The van der Waals surface area contributed by atoms with E-state index in [1.165, 1.54) is 32.1 Å². The van der Waals surface area contributed by atoms with Crippen molar-refractivity contribution in [1.82, 2.24) is 5.32 Å². The predicted octanol–water partition coefficient (Wildman–Crippen LogP) is 1.91. The van der Waals surface area contributed by atoms with Gasteiger partial charge in [0.2, 0.25) is 0 Å². The minimum absolute atomic E-state index is 0.0415. The molecule has 0 radical (unpaired) electrons. The van der Waals surface area contributed by atoms with Crippen LogP contribution in [-0.4, -0.2) is 31.8 Å². The zero-order valence-electron chi connectivity index (χ0n) is 11.6. The van der Waals surface area contributed by atoms with Gasteiger partial charge in [0.15, 0.2) is 0 Å². The number of rotatable bonds is 6. The Hall–Kier alpha value is -0.120. The van der Waals surface area contributed by atoms with E-state index in [1.54, 1.807) is 7.11 Å². The minimum Gasteiger partial charge on any atom is -0.383 e. The van der Waals surface area contributed by atoms with Crippen molar-refractivity contribution in [2.75, 3.05) is 20.3 Å². The molecule has 0 heterocycles. The zero-order valence-corrected chi connectivity index (χ0v) is 11.6. The molecule has 0 saturated heterocycles. The number of nitrogens with one attached hydrogen (secondary N) is 1. The monoisotopic (exact) mass is 240 g/mol. The Bertz CT molecular complexity index is 263. The van der Waals surface area contributed by atoms with Crippen LogP contribution in [0.15, 0.2) is 0 Å². The molecule has 0 amide bonds. The van der Waals surface area contributed by atoms with E-state index in [4.69, 9.17) is 10.5 Å². The number of nitrogens with two attached hydrogens (primary N) is 1. The molecule has 2 unspecified atom stereocenters. The molecule has 2 aliphatic rings. The lowest BCUT2D eigenvalue weighted by atomic mass is 9.90. The number of hydrogen-bond acceptors (Lipinski definition) is 3. The summed E-state index contributed by atoms with van der Waals surface area (Å²) in [5.41, 5.74) is 6.57. The van der Waals surface area contributed by atoms with Gasteiger partial charge in [0, 0.05) is 19.7 Å². The van der Waals surface area contributed by atoms with Crippen molar-refractivity contribution >= 4 is 0 Å². The van der Waals surface area contributed by atoms with Crippen LogP contribution in [0.3, 0.4) is 0 Å². The Balaban J connectivity index is 1.97. The van der Waals surface area contributed by atoms with Gasteiger partial charge in [0.05, 0.1) is 12.1 Å². The van der Waals surface area contributed by atoms with Gasteiger partial charge in [-0.3, -0.25) is 0 Å². The van der Waals surface area contributed by atoms with Crippen LogP contribution in [0.25, 0.3) is 0 Å². The maximum Gasteiger partial charge on any atom is 0.0659 e. The maximum absolute atomic E-state index is 6.04. The summed E-state index contributed by atoms with van der Waals surface area (Å²) in [7, 11) is 1.78. The zero-order chi connectivity index (χ0) is 12.5. The molecule has 0 spiro atoms. The molecule has 3 N–H and O–H groups in total. The number of ether oxygens (including phenoxy) is 1. The van der Waals surface area contributed by atoms with Crippen LogP contribution < -0.4 is 11.1 Å². The van der Waals surface area contributed by atoms with Crippen molar-refractivity contribution in [3.05, 3.63) is 0 Å². The number of hydrogen-bond donors (Lipinski definition) is 2. The maximum atomic E-state index is 6.04. The van der Waals surface area contributed by atoms with E-state index in [1.807, 2.05) is 0 Å². The van der Waals surface area contributed by atoms with Crippen LogP contribution in [0.5, 0.6) is 0 Å². The molecule has 0 aromatic heterocycles. The molecule has 0 aromatic carbocycles. The highest BCUT2D eigenvalue weighted by molar-refractivity contribution is 5.04. The summed E-state index contributed by atoms with van der Waals surface area (Å²) in [6.07, 6.45) is 6.49. The van der Waals surface area contributed by atoms with E-state index in [0.717, 1.165) is 12.5 Å². The lowest BCUT2D eigenvalue weighted by Crippen LogP contribution is -2.59. The average molecular weight is 240 g/mol. The normalized spacial score (nSPS) is 31.4. The first-order valence-electron chi connectivity index (χ1n) is 6.98. The van der Waals surface area contributed by atoms with E-state index >= 15 is 0 Å². The van der Waals surface area contributed by atoms with E-state index < -0.39 is 0 Å². The fourth-order valence-corrected chi connectivity index (χ4v) is 3.42. The molecule has 2 rings (SSSR count). The third-order valence-electron chi connectivity index (χ3n) is 4.59. The molecule has 0 aromatic rings. The second kappa shape index (κ2) is 4.87. The smallest absolute Gasteiger partial charge is 0.0659 e. The Morgan fingerprint density at radius 3 is 2.47 bits per heavy atom. The topological polar surface area (TPSA) is 47.3 Å². The van der Waals surface area contributed by atoms with Crippen molar-refractivity contribution < 1.29 is 4.74 Å². The molecule has 0 bridgehead atoms. The highest BCUT2D eigenvalue weighted by atomic mass is 16.5. The summed E-state index contributed by atoms with van der Waals surface area (Å²) in [5.74, 6) is 0.733. The molecule has 3 heteroatoms. The predicted molar refractivity (Wildman–Crippen MR) is 70.9 cm³/mol. The van der Waals surface area contributed by atoms with Gasteiger partial charge < -0.3 is 15.8 Å². The van der Waals surface area contributed by atoms with Gasteiger partial charge in [-0.05, 0) is 43.4 Å². The van der Waals surface area contributed by atoms with E-state index in [-0.39, 0.29) is 5.54 Å². The lowest BCUT2D eigenvalue weighted by molar-refractivity contribution is 0.0889. The first-order chi connectivity index (χ1) is 8.01. The highest BCUT2D eigenvalue weighted by Crippen LogP contribution is 2.43. The summed E-state index contributed by atoms with van der Waals surface area (Å²) in [5, 5.41) is 3.85. The van der Waals surface area contributed by atoms with Crippen molar-refractivity contribution in [2.45, 2.75) is 57.5 Å². The van der Waals surface area contributed by atoms with Gasteiger partial charge >= 0.3 is 0 Å². The van der Waals surface area contributed by atoms with Gasteiger partial charge in [-0.2, -0.15) is 0 Å². The molecule has 0 aliphatic heterocycles.